The van der Waals surface area contributed by atoms with Gasteiger partial charge in [0.2, 0.25) is 0 Å². The van der Waals surface area contributed by atoms with Crippen LogP contribution in [0.15, 0.2) is 24.3 Å². The number of likely N-dealkylation sites (tertiary alicyclic amines) is 1. The lowest BCUT2D eigenvalue weighted by Crippen LogP contribution is -2.39. The van der Waals surface area contributed by atoms with E-state index in [1.807, 2.05) is 6.07 Å². The number of nitrogens with zero attached hydrogens (tertiary/aromatic N) is 1. The molecule has 0 aliphatic carbocycles. The lowest BCUT2D eigenvalue weighted by molar-refractivity contribution is 0.00858. The predicted molar refractivity (Wildman–Crippen MR) is 86.7 cm³/mol. The maximum Gasteiger partial charge on any atom is 0.508 e. The molecule has 5 heteroatoms. The molecule has 2 aliphatic rings. The van der Waals surface area contributed by atoms with Crippen LogP contribution >= 0.6 is 0 Å². The second kappa shape index (κ2) is 7.68. The van der Waals surface area contributed by atoms with Gasteiger partial charge in [0.25, 0.3) is 0 Å². The fourth-order valence-corrected chi connectivity index (χ4v) is 3.38. The van der Waals surface area contributed by atoms with Gasteiger partial charge in [0, 0.05) is 13.1 Å². The smallest absolute Gasteiger partial charge is 0.493 e. The lowest BCUT2D eigenvalue weighted by atomic mass is 9.93. The van der Waals surface area contributed by atoms with Crippen LogP contribution in [-0.2, 0) is 15.9 Å². The van der Waals surface area contributed by atoms with Gasteiger partial charge in [-0.15, -0.1) is 0 Å². The Morgan fingerprint density at radius 2 is 2.09 bits per heavy atom. The molecule has 1 fully saturated rings. The summed E-state index contributed by atoms with van der Waals surface area (Å²) >= 11 is 0. The highest BCUT2D eigenvalue weighted by atomic mass is 16.7. The van der Waals surface area contributed by atoms with Crippen LogP contribution in [0.2, 0.25) is 0 Å². The number of hydrogen-bond donors (Lipinski definition) is 0. The second-order valence-corrected chi connectivity index (χ2v) is 6.39. The van der Waals surface area contributed by atoms with Crippen molar-refractivity contribution in [3.05, 3.63) is 29.8 Å². The number of carbonyl (C=O) groups excluding carboxylic acids is 1. The van der Waals surface area contributed by atoms with Crippen LogP contribution in [0.3, 0.4) is 0 Å². The van der Waals surface area contributed by atoms with E-state index in [1.54, 1.807) is 0 Å². The molecule has 1 saturated heterocycles. The van der Waals surface area contributed by atoms with Crippen molar-refractivity contribution >= 4 is 6.16 Å². The van der Waals surface area contributed by atoms with Gasteiger partial charge in [0.1, 0.15) is 11.9 Å². The standard InChI is InChI=1S/C18H25NO4/c1-21-18(20)23-16-7-10-19(11-8-16)9-6-14-12-15-4-2-3-5-17(15)22-13-14/h2-5,14,16H,6-13H2,1H3. The van der Waals surface area contributed by atoms with E-state index in [2.05, 4.69) is 27.8 Å². The largest absolute Gasteiger partial charge is 0.508 e. The molecule has 3 rings (SSSR count). The summed E-state index contributed by atoms with van der Waals surface area (Å²) in [6, 6.07) is 8.32. The SMILES string of the molecule is COC(=O)OC1CCN(CCC2COc3ccccc3C2)CC1. The zero-order chi connectivity index (χ0) is 16.1. The Hall–Kier alpha value is -1.75. The average molecular weight is 319 g/mol. The van der Waals surface area contributed by atoms with Gasteiger partial charge in [-0.25, -0.2) is 4.79 Å². The molecule has 0 saturated carbocycles. The molecule has 1 unspecified atom stereocenters. The van der Waals surface area contributed by atoms with E-state index >= 15 is 0 Å². The molecule has 126 valence electrons. The number of carbonyl (C=O) groups is 1. The summed E-state index contributed by atoms with van der Waals surface area (Å²) in [7, 11) is 1.35. The molecule has 1 aromatic rings. The van der Waals surface area contributed by atoms with Crippen LogP contribution < -0.4 is 4.74 Å². The second-order valence-electron chi connectivity index (χ2n) is 6.39. The maximum atomic E-state index is 11.1. The van der Waals surface area contributed by atoms with Crippen molar-refractivity contribution in [2.45, 2.75) is 31.8 Å². The van der Waals surface area contributed by atoms with Crippen LogP contribution in [0.5, 0.6) is 5.75 Å². The number of para-hydroxylation sites is 1. The summed E-state index contributed by atoms with van der Waals surface area (Å²) in [6.45, 7) is 3.86. The number of hydrogen-bond acceptors (Lipinski definition) is 5. The van der Waals surface area contributed by atoms with Crippen LogP contribution in [0.1, 0.15) is 24.8 Å². The van der Waals surface area contributed by atoms with Gasteiger partial charge in [-0.3, -0.25) is 0 Å². The van der Waals surface area contributed by atoms with Gasteiger partial charge < -0.3 is 19.1 Å². The molecule has 2 aliphatic heterocycles. The molecule has 0 N–H and O–H groups in total. The van der Waals surface area contributed by atoms with Crippen molar-refractivity contribution in [2.24, 2.45) is 5.92 Å². The van der Waals surface area contributed by atoms with Crippen LogP contribution in [0.25, 0.3) is 0 Å². The highest BCUT2D eigenvalue weighted by Gasteiger charge is 2.24. The number of rotatable bonds is 4. The quantitative estimate of drug-likeness (QED) is 0.799. The minimum absolute atomic E-state index is 0.00332. The average Bonchev–Trinajstić information content (AvgIpc) is 2.61. The summed E-state index contributed by atoms with van der Waals surface area (Å²) < 4.78 is 15.6. The van der Waals surface area contributed by atoms with Crippen molar-refractivity contribution in [1.82, 2.24) is 4.90 Å². The van der Waals surface area contributed by atoms with E-state index < -0.39 is 6.16 Å². The zero-order valence-corrected chi connectivity index (χ0v) is 13.7. The minimum atomic E-state index is -0.568. The number of fused-ring (bicyclic) bond motifs is 1. The Balaban J connectivity index is 1.38. The van der Waals surface area contributed by atoms with Crippen molar-refractivity contribution in [3.63, 3.8) is 0 Å². The number of benzene rings is 1. The fourth-order valence-electron chi connectivity index (χ4n) is 3.38. The first-order chi connectivity index (χ1) is 11.2. The topological polar surface area (TPSA) is 48.0 Å². The van der Waals surface area contributed by atoms with Crippen LogP contribution in [0, 0.1) is 5.92 Å². The first-order valence-electron chi connectivity index (χ1n) is 8.42. The van der Waals surface area contributed by atoms with Gasteiger partial charge in [-0.05, 0) is 49.8 Å². The van der Waals surface area contributed by atoms with Crippen molar-refractivity contribution in [3.8, 4) is 5.75 Å². The van der Waals surface area contributed by atoms with E-state index in [9.17, 15) is 4.79 Å². The Morgan fingerprint density at radius 3 is 2.87 bits per heavy atom. The van der Waals surface area contributed by atoms with Gasteiger partial charge in [0.15, 0.2) is 0 Å². The highest BCUT2D eigenvalue weighted by molar-refractivity contribution is 5.59. The predicted octanol–water partition coefficient (Wildman–Crippen LogP) is 2.88. The third kappa shape index (κ3) is 4.38. The third-order valence-corrected chi connectivity index (χ3v) is 4.77. The molecular weight excluding hydrogens is 294 g/mol. The Kier molecular flexibility index (Phi) is 5.39. The molecule has 0 aromatic heterocycles. The van der Waals surface area contributed by atoms with Crippen LogP contribution in [0.4, 0.5) is 4.79 Å². The van der Waals surface area contributed by atoms with Crippen molar-refractivity contribution in [2.75, 3.05) is 33.4 Å². The van der Waals surface area contributed by atoms with Crippen molar-refractivity contribution < 1.29 is 19.0 Å². The van der Waals surface area contributed by atoms with Crippen LogP contribution in [-0.4, -0.2) is 50.5 Å². The first-order valence-corrected chi connectivity index (χ1v) is 8.42. The minimum Gasteiger partial charge on any atom is -0.493 e. The zero-order valence-electron chi connectivity index (χ0n) is 13.7. The molecule has 0 spiro atoms. The molecular formula is C18H25NO4. The van der Waals surface area contributed by atoms with Gasteiger partial charge in [-0.1, -0.05) is 18.2 Å². The molecule has 1 aromatic carbocycles. The Bertz CT molecular complexity index is 526. The van der Waals surface area contributed by atoms with E-state index in [1.165, 1.54) is 12.7 Å². The number of piperidine rings is 1. The van der Waals surface area contributed by atoms with E-state index in [4.69, 9.17) is 9.47 Å². The summed E-state index contributed by atoms with van der Waals surface area (Å²) in [5.74, 6) is 1.64. The van der Waals surface area contributed by atoms with E-state index in [0.717, 1.165) is 57.7 Å². The molecule has 0 amide bonds. The molecule has 5 nitrogen and oxygen atoms in total. The third-order valence-electron chi connectivity index (χ3n) is 4.77. The summed E-state index contributed by atoms with van der Waals surface area (Å²) in [5.41, 5.74) is 1.33. The summed E-state index contributed by atoms with van der Waals surface area (Å²) in [6.07, 6.45) is 3.47. The van der Waals surface area contributed by atoms with Gasteiger partial charge in [-0.2, -0.15) is 0 Å². The normalized spacial score (nSPS) is 22.0. The van der Waals surface area contributed by atoms with Gasteiger partial charge in [0.05, 0.1) is 13.7 Å². The first kappa shape index (κ1) is 16.1. The molecule has 23 heavy (non-hydrogen) atoms. The van der Waals surface area contributed by atoms with Crippen molar-refractivity contribution in [1.29, 1.82) is 0 Å². The summed E-state index contributed by atoms with van der Waals surface area (Å²) in [4.78, 5) is 13.6. The number of ether oxygens (including phenoxy) is 3. The van der Waals surface area contributed by atoms with E-state index in [-0.39, 0.29) is 6.10 Å². The molecule has 0 radical (unpaired) electrons. The van der Waals surface area contributed by atoms with E-state index in [0.29, 0.717) is 5.92 Å². The highest BCUT2D eigenvalue weighted by Crippen LogP contribution is 2.28. The lowest BCUT2D eigenvalue weighted by Gasteiger charge is -2.33. The number of methoxy groups -OCH3 is 1. The Morgan fingerprint density at radius 1 is 1.30 bits per heavy atom. The van der Waals surface area contributed by atoms with Gasteiger partial charge >= 0.3 is 6.16 Å². The molecule has 2 heterocycles. The molecule has 0 bridgehead atoms. The maximum absolute atomic E-state index is 11.1. The fraction of sp³-hybridized carbons (Fsp3) is 0.611. The molecule has 1 atom stereocenters. The Labute approximate surface area is 137 Å². The monoisotopic (exact) mass is 319 g/mol. The summed E-state index contributed by atoms with van der Waals surface area (Å²) in [5, 5.41) is 0.